The zero-order valence-corrected chi connectivity index (χ0v) is 30.4. The number of pyridine rings is 1. The fourth-order valence-electron chi connectivity index (χ4n) is 10.1. The molecule has 5 atom stereocenters. The van der Waals surface area contributed by atoms with E-state index in [0.29, 0.717) is 65.7 Å². The summed E-state index contributed by atoms with van der Waals surface area (Å²) in [5.41, 5.74) is -1.66. The van der Waals surface area contributed by atoms with E-state index in [1.165, 1.54) is 6.07 Å². The number of carbonyl (C=O) groups is 2. The standard InChI is InChI=1S/C41H42F3N7O4/c1-49-14-9-28(22-49)51-23-33(31-6-5-30(21-35(31)51)55-29-10-15-50(16-11-29)39-45-12-2-13-46-39)34-8-7-32(36(47-34)41(42,43)44)37(52)48-40(38(53)54)26-4-3-24-17-25(19-26)20-27(40)18-24/h2,5-9,12-14,21-27,29H,3-4,10-11,15-20H2,1H3,(H,48,52)(H,53,54). The van der Waals surface area contributed by atoms with Crippen LogP contribution < -0.4 is 15.0 Å². The largest absolute Gasteiger partial charge is 0.490 e. The Labute approximate surface area is 315 Å². The van der Waals surface area contributed by atoms with Crippen LogP contribution in [0.5, 0.6) is 5.75 Å². The highest BCUT2D eigenvalue weighted by atomic mass is 19.4. The van der Waals surface area contributed by atoms with Gasteiger partial charge in [-0.25, -0.2) is 19.7 Å². The number of halogens is 3. The third-order valence-electron chi connectivity index (χ3n) is 12.5. The molecule has 1 aliphatic heterocycles. The number of carbonyl (C=O) groups excluding carboxylic acids is 1. The molecule has 1 aromatic carbocycles. The summed E-state index contributed by atoms with van der Waals surface area (Å²) in [4.78, 5) is 41.9. The molecule has 10 rings (SSSR count). The van der Waals surface area contributed by atoms with Crippen LogP contribution in [0.15, 0.2) is 73.4 Å². The molecule has 5 aromatic rings. The maximum atomic E-state index is 14.9. The summed E-state index contributed by atoms with van der Waals surface area (Å²) in [5, 5.41) is 14.0. The first-order chi connectivity index (χ1) is 26.5. The number of anilines is 1. The van der Waals surface area contributed by atoms with Gasteiger partial charge in [0.1, 0.15) is 17.4 Å². The molecule has 5 heterocycles. The lowest BCUT2D eigenvalue weighted by molar-refractivity contribution is -0.154. The Balaban J connectivity index is 1.04. The molecule has 55 heavy (non-hydrogen) atoms. The number of nitrogens with one attached hydrogen (secondary N) is 1. The highest BCUT2D eigenvalue weighted by molar-refractivity contribution is 6.01. The lowest BCUT2D eigenvalue weighted by Gasteiger charge is -2.50. The van der Waals surface area contributed by atoms with Gasteiger partial charge in [0.25, 0.3) is 5.91 Å². The summed E-state index contributed by atoms with van der Waals surface area (Å²) in [7, 11) is 1.89. The molecule has 4 aromatic heterocycles. The number of fused-ring (bicyclic) bond motifs is 2. The van der Waals surface area contributed by atoms with Crippen molar-refractivity contribution in [3.05, 3.63) is 84.7 Å². The van der Waals surface area contributed by atoms with Gasteiger partial charge in [-0.1, -0.05) is 6.42 Å². The number of carboxylic acids is 1. The maximum Gasteiger partial charge on any atom is 0.434 e. The minimum absolute atomic E-state index is 0.0344. The number of nitrogens with zero attached hydrogens (tertiary/aromatic N) is 6. The molecule has 5 fully saturated rings. The van der Waals surface area contributed by atoms with Gasteiger partial charge in [-0.3, -0.25) is 4.79 Å². The minimum Gasteiger partial charge on any atom is -0.490 e. The Morgan fingerprint density at radius 2 is 1.69 bits per heavy atom. The average molecular weight is 754 g/mol. The van der Waals surface area contributed by atoms with Crippen molar-refractivity contribution < 1.29 is 32.6 Å². The van der Waals surface area contributed by atoms with Crippen LogP contribution in [0.25, 0.3) is 27.8 Å². The molecule has 0 radical (unpaired) electrons. The van der Waals surface area contributed by atoms with Crippen molar-refractivity contribution in [3.8, 4) is 22.7 Å². The zero-order chi connectivity index (χ0) is 38.1. The number of aliphatic carboxylic acids is 1. The summed E-state index contributed by atoms with van der Waals surface area (Å²) < 4.78 is 54.9. The topological polar surface area (TPSA) is 127 Å². The zero-order valence-electron chi connectivity index (χ0n) is 30.4. The molecular formula is C41H42F3N7O4. The van der Waals surface area contributed by atoms with E-state index in [-0.39, 0.29) is 23.6 Å². The molecule has 11 nitrogen and oxygen atoms in total. The van der Waals surface area contributed by atoms with Crippen LogP contribution in [0.2, 0.25) is 0 Å². The Kier molecular flexibility index (Phi) is 8.61. The minimum atomic E-state index is -4.99. The highest BCUT2D eigenvalue weighted by Gasteiger charge is 2.60. The molecule has 14 heteroatoms. The number of aryl methyl sites for hydroxylation is 1. The molecule has 0 spiro atoms. The number of benzene rings is 1. The lowest BCUT2D eigenvalue weighted by Crippen LogP contribution is -2.66. The number of ether oxygens (including phenoxy) is 1. The van der Waals surface area contributed by atoms with Crippen molar-refractivity contribution >= 4 is 28.7 Å². The van der Waals surface area contributed by atoms with E-state index in [1.807, 2.05) is 52.8 Å². The molecule has 4 bridgehead atoms. The van der Waals surface area contributed by atoms with Crippen LogP contribution in [0.3, 0.4) is 0 Å². The Morgan fingerprint density at radius 1 is 0.927 bits per heavy atom. The summed E-state index contributed by atoms with van der Waals surface area (Å²) in [6.07, 6.45) is 10.0. The van der Waals surface area contributed by atoms with Crippen LogP contribution in [-0.4, -0.2) is 65.8 Å². The number of carboxylic acid groups (broad SMARTS) is 1. The van der Waals surface area contributed by atoms with E-state index >= 15 is 0 Å². The van der Waals surface area contributed by atoms with Gasteiger partial charge >= 0.3 is 12.1 Å². The van der Waals surface area contributed by atoms with Gasteiger partial charge in [0, 0.05) is 81.0 Å². The molecule has 5 unspecified atom stereocenters. The second-order valence-electron chi connectivity index (χ2n) is 15.8. The van der Waals surface area contributed by atoms with Crippen molar-refractivity contribution in [1.82, 2.24) is 29.4 Å². The van der Waals surface area contributed by atoms with Gasteiger partial charge in [0.2, 0.25) is 5.95 Å². The first-order valence-corrected chi connectivity index (χ1v) is 19.1. The molecule has 286 valence electrons. The molecule has 2 N–H and O–H groups in total. The average Bonchev–Trinajstić information content (AvgIpc) is 3.71. The third-order valence-corrected chi connectivity index (χ3v) is 12.5. The molecule has 4 aliphatic carbocycles. The monoisotopic (exact) mass is 753 g/mol. The second kappa shape index (κ2) is 13.4. The smallest absolute Gasteiger partial charge is 0.434 e. The SMILES string of the molecule is Cn1ccc(-n2cc(-c3ccc(C(=O)NC4(C(=O)O)C5CCC6CC(C5)CC4C6)c(C(F)(F)F)n3)c3ccc(OC4CCN(c5ncccn5)CC4)cc32)c1. The van der Waals surface area contributed by atoms with Crippen molar-refractivity contribution in [2.75, 3.05) is 18.0 Å². The number of rotatable bonds is 8. The predicted molar refractivity (Wildman–Crippen MR) is 198 cm³/mol. The van der Waals surface area contributed by atoms with Gasteiger partial charge in [-0.15, -0.1) is 0 Å². The summed E-state index contributed by atoms with van der Waals surface area (Å²) in [5.74, 6) is -0.788. The number of hydrogen-bond donors (Lipinski definition) is 2. The van der Waals surface area contributed by atoms with Crippen molar-refractivity contribution in [1.29, 1.82) is 0 Å². The lowest BCUT2D eigenvalue weighted by atomic mass is 9.58. The van der Waals surface area contributed by atoms with Crippen molar-refractivity contribution in [2.45, 2.75) is 69.2 Å². The van der Waals surface area contributed by atoms with Gasteiger partial charge in [-0.05, 0) is 92.2 Å². The van der Waals surface area contributed by atoms with E-state index in [9.17, 15) is 27.9 Å². The quantitative estimate of drug-likeness (QED) is 0.169. The fraction of sp³-hybridized carbons (Fsp3) is 0.439. The molecule has 5 aliphatic rings. The van der Waals surface area contributed by atoms with Gasteiger partial charge in [0.15, 0.2) is 5.69 Å². The normalized spacial score (nSPS) is 25.3. The number of hydrogen-bond acceptors (Lipinski definition) is 7. The van der Waals surface area contributed by atoms with Gasteiger partial charge in [0.05, 0.1) is 22.5 Å². The van der Waals surface area contributed by atoms with Crippen LogP contribution in [0, 0.1) is 23.7 Å². The summed E-state index contributed by atoms with van der Waals surface area (Å²) in [6, 6.07) is 11.8. The van der Waals surface area contributed by atoms with Crippen LogP contribution in [0.1, 0.15) is 67.4 Å². The Hall–Kier alpha value is -5.40. The highest BCUT2D eigenvalue weighted by Crippen LogP contribution is 2.56. The van der Waals surface area contributed by atoms with Crippen LogP contribution in [0.4, 0.5) is 19.1 Å². The Morgan fingerprint density at radius 3 is 2.42 bits per heavy atom. The van der Waals surface area contributed by atoms with Crippen molar-refractivity contribution in [2.24, 2.45) is 30.7 Å². The first kappa shape index (κ1) is 35.3. The Bertz CT molecular complexity index is 2250. The first-order valence-electron chi connectivity index (χ1n) is 19.1. The van der Waals surface area contributed by atoms with E-state index in [1.54, 1.807) is 24.7 Å². The summed E-state index contributed by atoms with van der Waals surface area (Å²) >= 11 is 0. The van der Waals surface area contributed by atoms with Crippen molar-refractivity contribution in [3.63, 3.8) is 0 Å². The summed E-state index contributed by atoms with van der Waals surface area (Å²) in [6.45, 7) is 1.48. The molecule has 1 amide bonds. The molecule has 4 saturated carbocycles. The maximum absolute atomic E-state index is 14.9. The fourth-order valence-corrected chi connectivity index (χ4v) is 10.1. The second-order valence-corrected chi connectivity index (χ2v) is 15.8. The van der Waals surface area contributed by atoms with Crippen LogP contribution in [-0.2, 0) is 18.0 Å². The van der Waals surface area contributed by atoms with E-state index < -0.39 is 34.8 Å². The van der Waals surface area contributed by atoms with E-state index in [4.69, 9.17) is 4.74 Å². The number of aromatic nitrogens is 5. The molecular weight excluding hydrogens is 711 g/mol. The van der Waals surface area contributed by atoms with E-state index in [2.05, 4.69) is 25.2 Å². The molecule has 1 saturated heterocycles. The number of alkyl halides is 3. The van der Waals surface area contributed by atoms with Gasteiger partial charge < -0.3 is 29.2 Å². The van der Waals surface area contributed by atoms with Crippen LogP contribution >= 0.6 is 0 Å². The van der Waals surface area contributed by atoms with Gasteiger partial charge in [-0.2, -0.15) is 13.2 Å². The third kappa shape index (κ3) is 6.28. The number of amides is 1. The van der Waals surface area contributed by atoms with E-state index in [0.717, 1.165) is 50.5 Å². The predicted octanol–water partition coefficient (Wildman–Crippen LogP) is 7.29. The number of piperidine rings is 1.